The Labute approximate surface area is 183 Å². The standard InChI is InChI=1S/C21H27F3N4O2S/c1-4-27(5-2)17(29)13-26-9-6-10-28(12-11-26)20(30)18-14(3)15-7-8-16(21(22,23)24)25-19(15)31-18/h7-8H,4-6,9-13H2,1-3H3. The fourth-order valence-electron chi connectivity index (χ4n) is 3.80. The number of carbonyl (C=O) groups excluding carboxylic acids is 2. The topological polar surface area (TPSA) is 56.8 Å². The summed E-state index contributed by atoms with van der Waals surface area (Å²) in [4.78, 5) is 35.5. The first-order valence-electron chi connectivity index (χ1n) is 10.4. The highest BCUT2D eigenvalue weighted by Gasteiger charge is 2.33. The van der Waals surface area contributed by atoms with E-state index in [9.17, 15) is 22.8 Å². The molecule has 0 N–H and O–H groups in total. The second kappa shape index (κ2) is 9.52. The number of alkyl halides is 3. The molecule has 0 bridgehead atoms. The van der Waals surface area contributed by atoms with Gasteiger partial charge in [-0.15, -0.1) is 11.3 Å². The molecule has 1 aliphatic heterocycles. The first kappa shape index (κ1) is 23.5. The van der Waals surface area contributed by atoms with Crippen molar-refractivity contribution in [3.63, 3.8) is 0 Å². The minimum Gasteiger partial charge on any atom is -0.342 e. The van der Waals surface area contributed by atoms with Crippen molar-refractivity contribution < 1.29 is 22.8 Å². The van der Waals surface area contributed by atoms with Crippen LogP contribution in [0.2, 0.25) is 0 Å². The Morgan fingerprint density at radius 3 is 2.48 bits per heavy atom. The van der Waals surface area contributed by atoms with Crippen molar-refractivity contribution in [2.45, 2.75) is 33.4 Å². The molecule has 1 aliphatic rings. The number of rotatable bonds is 5. The summed E-state index contributed by atoms with van der Waals surface area (Å²) in [5, 5.41) is 0.572. The van der Waals surface area contributed by atoms with Gasteiger partial charge in [0.1, 0.15) is 10.5 Å². The Morgan fingerprint density at radius 2 is 1.84 bits per heavy atom. The van der Waals surface area contributed by atoms with Gasteiger partial charge in [-0.1, -0.05) is 0 Å². The Kier molecular flexibility index (Phi) is 7.20. The van der Waals surface area contributed by atoms with Crippen molar-refractivity contribution in [3.05, 3.63) is 28.3 Å². The van der Waals surface area contributed by atoms with Crippen LogP contribution < -0.4 is 0 Å². The summed E-state index contributed by atoms with van der Waals surface area (Å²) < 4.78 is 38.9. The van der Waals surface area contributed by atoms with Gasteiger partial charge < -0.3 is 9.80 Å². The van der Waals surface area contributed by atoms with Crippen LogP contribution in [0.3, 0.4) is 0 Å². The molecule has 2 amide bonds. The molecule has 3 heterocycles. The molecule has 1 saturated heterocycles. The number of fused-ring (bicyclic) bond motifs is 1. The molecular formula is C21H27F3N4O2S. The second-order valence-electron chi connectivity index (χ2n) is 7.59. The van der Waals surface area contributed by atoms with Crippen LogP contribution in [-0.4, -0.2) is 77.3 Å². The third-order valence-corrected chi connectivity index (χ3v) is 6.83. The predicted octanol–water partition coefficient (Wildman–Crippen LogP) is 3.64. The normalized spacial score (nSPS) is 15.9. The number of hydrogen-bond acceptors (Lipinski definition) is 5. The summed E-state index contributed by atoms with van der Waals surface area (Å²) >= 11 is 1.01. The minimum absolute atomic E-state index is 0.0803. The summed E-state index contributed by atoms with van der Waals surface area (Å²) in [6.07, 6.45) is -3.79. The van der Waals surface area contributed by atoms with Gasteiger partial charge in [0.05, 0.1) is 11.4 Å². The highest BCUT2D eigenvalue weighted by molar-refractivity contribution is 7.20. The third-order valence-electron chi connectivity index (χ3n) is 5.64. The van der Waals surface area contributed by atoms with Gasteiger partial charge in [0.25, 0.3) is 5.91 Å². The summed E-state index contributed by atoms with van der Waals surface area (Å²) in [5.41, 5.74) is -0.299. The van der Waals surface area contributed by atoms with E-state index in [0.29, 0.717) is 55.1 Å². The summed E-state index contributed by atoms with van der Waals surface area (Å²) in [7, 11) is 0. The molecule has 0 atom stereocenters. The number of amides is 2. The molecule has 0 saturated carbocycles. The van der Waals surface area contributed by atoms with E-state index in [1.54, 1.807) is 16.7 Å². The highest BCUT2D eigenvalue weighted by Crippen LogP contribution is 2.34. The van der Waals surface area contributed by atoms with Crippen LogP contribution in [0.25, 0.3) is 10.2 Å². The van der Waals surface area contributed by atoms with Crippen LogP contribution in [0.5, 0.6) is 0 Å². The average Bonchev–Trinajstić information content (AvgIpc) is 2.89. The molecule has 1 fully saturated rings. The molecular weight excluding hydrogens is 429 g/mol. The molecule has 0 unspecified atom stereocenters. The number of likely N-dealkylation sites (N-methyl/N-ethyl adjacent to an activating group) is 1. The smallest absolute Gasteiger partial charge is 0.342 e. The van der Waals surface area contributed by atoms with Crippen LogP contribution in [0, 0.1) is 6.92 Å². The van der Waals surface area contributed by atoms with Crippen molar-refractivity contribution in [2.24, 2.45) is 0 Å². The summed E-state index contributed by atoms with van der Waals surface area (Å²) in [6.45, 7) is 9.63. The van der Waals surface area contributed by atoms with Crippen LogP contribution in [0.1, 0.15) is 41.2 Å². The molecule has 0 aromatic carbocycles. The van der Waals surface area contributed by atoms with E-state index in [1.807, 2.05) is 13.8 Å². The fourth-order valence-corrected chi connectivity index (χ4v) is 4.95. The SMILES string of the molecule is CCN(CC)C(=O)CN1CCCN(C(=O)c2sc3nc(C(F)(F)F)ccc3c2C)CC1. The highest BCUT2D eigenvalue weighted by atomic mass is 32.1. The maximum Gasteiger partial charge on any atom is 0.433 e. The number of aromatic nitrogens is 1. The van der Waals surface area contributed by atoms with Crippen molar-refractivity contribution in [3.8, 4) is 0 Å². The fraction of sp³-hybridized carbons (Fsp3) is 0.571. The monoisotopic (exact) mass is 456 g/mol. The lowest BCUT2D eigenvalue weighted by Gasteiger charge is -2.25. The van der Waals surface area contributed by atoms with E-state index in [0.717, 1.165) is 30.4 Å². The Balaban J connectivity index is 1.72. The van der Waals surface area contributed by atoms with Gasteiger partial charge in [0, 0.05) is 44.7 Å². The first-order valence-corrected chi connectivity index (χ1v) is 11.2. The van der Waals surface area contributed by atoms with Crippen molar-refractivity contribution in [1.82, 2.24) is 19.7 Å². The minimum atomic E-state index is -4.52. The van der Waals surface area contributed by atoms with Crippen LogP contribution >= 0.6 is 11.3 Å². The Morgan fingerprint density at radius 1 is 1.13 bits per heavy atom. The lowest BCUT2D eigenvalue weighted by atomic mass is 10.1. The predicted molar refractivity (Wildman–Crippen MR) is 114 cm³/mol. The van der Waals surface area contributed by atoms with Gasteiger partial charge in [0.2, 0.25) is 5.91 Å². The van der Waals surface area contributed by atoms with E-state index in [1.165, 1.54) is 6.07 Å². The first-order chi connectivity index (χ1) is 14.7. The Hall–Kier alpha value is -2.20. The largest absolute Gasteiger partial charge is 0.433 e. The molecule has 0 radical (unpaired) electrons. The molecule has 31 heavy (non-hydrogen) atoms. The average molecular weight is 457 g/mol. The number of nitrogens with zero attached hydrogens (tertiary/aromatic N) is 4. The van der Waals surface area contributed by atoms with Crippen LogP contribution in [0.4, 0.5) is 13.2 Å². The maximum absolute atomic E-state index is 13.1. The number of carbonyl (C=O) groups is 2. The van der Waals surface area contributed by atoms with Gasteiger partial charge in [-0.3, -0.25) is 14.5 Å². The zero-order valence-corrected chi connectivity index (χ0v) is 18.8. The lowest BCUT2D eigenvalue weighted by molar-refractivity contribution is -0.141. The van der Waals surface area contributed by atoms with Gasteiger partial charge in [-0.2, -0.15) is 13.2 Å². The molecule has 2 aromatic heterocycles. The van der Waals surface area contributed by atoms with E-state index in [-0.39, 0.29) is 16.6 Å². The van der Waals surface area contributed by atoms with E-state index in [2.05, 4.69) is 9.88 Å². The second-order valence-corrected chi connectivity index (χ2v) is 8.59. The maximum atomic E-state index is 13.1. The van der Waals surface area contributed by atoms with Gasteiger partial charge >= 0.3 is 6.18 Å². The molecule has 6 nitrogen and oxygen atoms in total. The van der Waals surface area contributed by atoms with Gasteiger partial charge in [-0.05, 0) is 44.9 Å². The van der Waals surface area contributed by atoms with E-state index < -0.39 is 11.9 Å². The lowest BCUT2D eigenvalue weighted by Crippen LogP contribution is -2.42. The molecule has 0 spiro atoms. The molecule has 3 rings (SSSR count). The van der Waals surface area contributed by atoms with Crippen LogP contribution in [-0.2, 0) is 11.0 Å². The number of pyridine rings is 1. The van der Waals surface area contributed by atoms with Crippen molar-refractivity contribution >= 4 is 33.4 Å². The molecule has 10 heteroatoms. The van der Waals surface area contributed by atoms with Crippen LogP contribution in [0.15, 0.2) is 12.1 Å². The molecule has 170 valence electrons. The number of hydrogen-bond donors (Lipinski definition) is 0. The van der Waals surface area contributed by atoms with Gasteiger partial charge in [-0.25, -0.2) is 4.98 Å². The van der Waals surface area contributed by atoms with E-state index >= 15 is 0 Å². The molecule has 2 aromatic rings. The molecule has 0 aliphatic carbocycles. The summed E-state index contributed by atoms with van der Waals surface area (Å²) in [5.74, 6) is -0.109. The Bertz CT molecular complexity index is 956. The van der Waals surface area contributed by atoms with Crippen molar-refractivity contribution in [1.29, 1.82) is 0 Å². The number of thiophene rings is 1. The zero-order chi connectivity index (χ0) is 22.8. The van der Waals surface area contributed by atoms with E-state index in [4.69, 9.17) is 0 Å². The number of halogens is 3. The zero-order valence-electron chi connectivity index (χ0n) is 18.0. The summed E-state index contributed by atoms with van der Waals surface area (Å²) in [6, 6.07) is 2.34. The quantitative estimate of drug-likeness (QED) is 0.690. The van der Waals surface area contributed by atoms with Crippen molar-refractivity contribution in [2.75, 3.05) is 45.8 Å². The third kappa shape index (κ3) is 5.17. The van der Waals surface area contributed by atoms with Gasteiger partial charge in [0.15, 0.2) is 0 Å². The number of aryl methyl sites for hydroxylation is 1.